The molecule has 2 heteroatoms. The lowest BCUT2D eigenvalue weighted by Gasteiger charge is -2.37. The summed E-state index contributed by atoms with van der Waals surface area (Å²) >= 11 is 0. The first kappa shape index (κ1) is 15.0. The fourth-order valence-electron chi connectivity index (χ4n) is 4.54. The Balaban J connectivity index is 2.38. The zero-order valence-corrected chi connectivity index (χ0v) is 14.3. The van der Waals surface area contributed by atoms with Crippen LogP contribution in [0.5, 0.6) is 0 Å². The third kappa shape index (κ3) is 3.57. The summed E-state index contributed by atoms with van der Waals surface area (Å²) in [4.78, 5) is 0. The maximum Gasteiger partial charge on any atom is 0.235 e. The number of allylic oxidation sites excluding steroid dienone is 1. The van der Waals surface area contributed by atoms with Crippen molar-refractivity contribution < 1.29 is 0 Å². The maximum absolute atomic E-state index is 3.97. The van der Waals surface area contributed by atoms with Crippen LogP contribution in [0.25, 0.3) is 0 Å². The number of fused-ring (bicyclic) bond motifs is 3. The molecule has 2 heterocycles. The van der Waals surface area contributed by atoms with E-state index in [-0.39, 0.29) is 0 Å². The van der Waals surface area contributed by atoms with Gasteiger partial charge in [-0.2, -0.15) is 5.82 Å². The van der Waals surface area contributed by atoms with Crippen molar-refractivity contribution in [2.24, 2.45) is 5.92 Å². The van der Waals surface area contributed by atoms with Crippen molar-refractivity contribution in [2.75, 3.05) is 0 Å². The van der Waals surface area contributed by atoms with Crippen LogP contribution in [0, 0.1) is 17.7 Å². The van der Waals surface area contributed by atoms with E-state index in [9.17, 15) is 0 Å². The minimum absolute atomic E-state index is 0.665. The Hall–Kier alpha value is -0.418. The van der Waals surface area contributed by atoms with E-state index in [0.29, 0.717) is 6.71 Å². The summed E-state index contributed by atoms with van der Waals surface area (Å²) in [6.07, 6.45) is 8.68. The molecule has 0 nitrogen and oxygen atoms in total. The normalized spacial score (nSPS) is 31.2. The van der Waals surface area contributed by atoms with E-state index in [2.05, 4.69) is 38.0 Å². The lowest BCUT2D eigenvalue weighted by molar-refractivity contribution is 0.411. The van der Waals surface area contributed by atoms with Crippen molar-refractivity contribution in [3.8, 4) is 11.7 Å². The van der Waals surface area contributed by atoms with Crippen LogP contribution in [-0.4, -0.2) is 14.8 Å². The van der Waals surface area contributed by atoms with Crippen molar-refractivity contribution >= 4 is 14.8 Å². The van der Waals surface area contributed by atoms with Gasteiger partial charge >= 0.3 is 0 Å². The Labute approximate surface area is 121 Å². The van der Waals surface area contributed by atoms with Gasteiger partial charge in [0, 0.05) is 8.07 Å². The summed E-state index contributed by atoms with van der Waals surface area (Å²) in [6.45, 7) is 14.4. The molecule has 0 amide bonds. The summed E-state index contributed by atoms with van der Waals surface area (Å²) in [6, 6.07) is 0. The minimum atomic E-state index is -1.14. The van der Waals surface area contributed by atoms with Gasteiger partial charge in [-0.25, -0.2) is 0 Å². The summed E-state index contributed by atoms with van der Waals surface area (Å²) in [5.41, 5.74) is 1.95. The summed E-state index contributed by atoms with van der Waals surface area (Å²) in [7, 11) is -1.14. The summed E-state index contributed by atoms with van der Waals surface area (Å²) in [5, 5.41) is 0. The molecule has 0 spiro atoms. The molecule has 0 aliphatic carbocycles. The van der Waals surface area contributed by atoms with E-state index < -0.39 is 8.07 Å². The molecule has 2 bridgehead atoms. The van der Waals surface area contributed by atoms with Crippen LogP contribution in [0.4, 0.5) is 0 Å². The van der Waals surface area contributed by atoms with Crippen molar-refractivity contribution in [1.82, 2.24) is 0 Å². The third-order valence-electron chi connectivity index (χ3n) is 5.15. The van der Waals surface area contributed by atoms with E-state index in [4.69, 9.17) is 0 Å². The highest BCUT2D eigenvalue weighted by molar-refractivity contribution is 6.93. The van der Waals surface area contributed by atoms with E-state index in [0.717, 1.165) is 22.7 Å². The molecule has 19 heavy (non-hydrogen) atoms. The predicted molar refractivity (Wildman–Crippen MR) is 90.4 cm³/mol. The van der Waals surface area contributed by atoms with Crippen LogP contribution in [-0.2, 0) is 0 Å². The molecule has 104 valence electrons. The van der Waals surface area contributed by atoms with Crippen molar-refractivity contribution in [3.05, 3.63) is 12.2 Å². The van der Waals surface area contributed by atoms with Crippen LogP contribution in [0.2, 0.25) is 30.9 Å². The number of rotatable bonds is 1. The first-order valence-electron chi connectivity index (χ1n) is 8.06. The first-order chi connectivity index (χ1) is 8.89. The average Bonchev–Trinajstić information content (AvgIpc) is 2.52. The highest BCUT2D eigenvalue weighted by Crippen LogP contribution is 2.49. The van der Waals surface area contributed by atoms with E-state index in [1.165, 1.54) is 38.5 Å². The molecule has 0 radical (unpaired) electrons. The number of hydrogen-bond acceptors (Lipinski definition) is 0. The largest absolute Gasteiger partial charge is 0.235 e. The molecule has 2 aliphatic rings. The lowest BCUT2D eigenvalue weighted by Crippen LogP contribution is -2.43. The Bertz CT molecular complexity index is 386. The molecule has 0 aromatic carbocycles. The predicted octanol–water partition coefficient (Wildman–Crippen LogP) is 5.20. The van der Waals surface area contributed by atoms with Crippen molar-refractivity contribution in [1.29, 1.82) is 0 Å². The molecule has 0 aromatic heterocycles. The second-order valence-electron chi connectivity index (χ2n) is 7.85. The van der Waals surface area contributed by atoms with E-state index in [1.807, 2.05) is 6.92 Å². The average molecular weight is 272 g/mol. The number of hydrogen-bond donors (Lipinski definition) is 0. The Morgan fingerprint density at radius 1 is 1.11 bits per heavy atom. The van der Waals surface area contributed by atoms with Gasteiger partial charge < -0.3 is 0 Å². The third-order valence-corrected chi connectivity index (χ3v) is 7.99. The summed E-state index contributed by atoms with van der Waals surface area (Å²) < 4.78 is 0. The standard InChI is InChI=1S/C17H29BSi/c1-14(2)12-13-18-16-10-6-8-15(9-7-11-16)17(18)19(3,4)5/h15-17H,1,6-11H2,2-5H3/t15?,16?,17-/m0/s1. The molecule has 1 atom stereocenters. The maximum atomic E-state index is 3.97. The van der Waals surface area contributed by atoms with Crippen LogP contribution < -0.4 is 0 Å². The van der Waals surface area contributed by atoms with Gasteiger partial charge in [0.05, 0.1) is 0 Å². The zero-order valence-electron chi connectivity index (χ0n) is 13.3. The van der Waals surface area contributed by atoms with Crippen LogP contribution in [0.15, 0.2) is 12.2 Å². The summed E-state index contributed by atoms with van der Waals surface area (Å²) in [5.74, 6) is 8.84. The zero-order chi connectivity index (χ0) is 14.0. The highest BCUT2D eigenvalue weighted by Gasteiger charge is 2.47. The lowest BCUT2D eigenvalue weighted by atomic mass is 9.38. The minimum Gasteiger partial charge on any atom is -0.150 e. The molecule has 2 saturated heterocycles. The second-order valence-corrected chi connectivity index (χ2v) is 13.2. The SMILES string of the molecule is C=C(C)C#CB1C2CCCC(CCC2)[C@@H]1[Si](C)(C)C. The van der Waals surface area contributed by atoms with Gasteiger partial charge in [-0.15, -0.1) is 0 Å². The fraction of sp³-hybridized carbons (Fsp3) is 0.765. The van der Waals surface area contributed by atoms with E-state index in [1.54, 1.807) is 0 Å². The topological polar surface area (TPSA) is 0 Å². The van der Waals surface area contributed by atoms with Gasteiger partial charge in [0.25, 0.3) is 0 Å². The quantitative estimate of drug-likeness (QED) is 0.454. The molecule has 0 unspecified atom stereocenters. The molecule has 0 N–H and O–H groups in total. The van der Waals surface area contributed by atoms with E-state index >= 15 is 0 Å². The Kier molecular flexibility index (Phi) is 4.67. The van der Waals surface area contributed by atoms with Gasteiger partial charge in [0.15, 0.2) is 0 Å². The molecule has 0 saturated carbocycles. The molecular formula is C17H29BSi. The molecule has 2 fully saturated rings. The van der Waals surface area contributed by atoms with Gasteiger partial charge in [-0.3, -0.25) is 0 Å². The van der Waals surface area contributed by atoms with Crippen LogP contribution in [0.3, 0.4) is 0 Å². The highest BCUT2D eigenvalue weighted by atomic mass is 28.3. The van der Waals surface area contributed by atoms with Gasteiger partial charge in [0.1, 0.15) is 0 Å². The van der Waals surface area contributed by atoms with Gasteiger partial charge in [-0.1, -0.05) is 76.1 Å². The van der Waals surface area contributed by atoms with Gasteiger partial charge in [-0.05, 0) is 24.2 Å². The van der Waals surface area contributed by atoms with Crippen molar-refractivity contribution in [3.63, 3.8) is 0 Å². The molecule has 2 aliphatic heterocycles. The Morgan fingerprint density at radius 3 is 2.16 bits per heavy atom. The Morgan fingerprint density at radius 2 is 1.68 bits per heavy atom. The second kappa shape index (κ2) is 5.92. The van der Waals surface area contributed by atoms with Gasteiger partial charge in [0.2, 0.25) is 6.71 Å². The fourth-order valence-corrected chi connectivity index (χ4v) is 7.72. The smallest absolute Gasteiger partial charge is 0.150 e. The van der Waals surface area contributed by atoms with Crippen LogP contribution >= 0.6 is 0 Å². The molecule has 2 rings (SSSR count). The monoisotopic (exact) mass is 272 g/mol. The van der Waals surface area contributed by atoms with Crippen LogP contribution in [0.1, 0.15) is 45.4 Å². The first-order valence-corrected chi connectivity index (χ1v) is 11.6. The molecular weight excluding hydrogens is 243 g/mol. The van der Waals surface area contributed by atoms with Crippen molar-refractivity contribution in [2.45, 2.75) is 76.3 Å². The molecule has 0 aromatic rings.